The van der Waals surface area contributed by atoms with Crippen LogP contribution in [0.1, 0.15) is 15.2 Å². The van der Waals surface area contributed by atoms with Gasteiger partial charge in [0.2, 0.25) is 0 Å². The summed E-state index contributed by atoms with van der Waals surface area (Å²) in [6, 6.07) is 5.37. The first kappa shape index (κ1) is 15.2. The molecule has 0 aliphatic carbocycles. The van der Waals surface area contributed by atoms with Gasteiger partial charge in [-0.15, -0.1) is 11.3 Å². The van der Waals surface area contributed by atoms with Gasteiger partial charge in [0.05, 0.1) is 12.1 Å². The van der Waals surface area contributed by atoms with Gasteiger partial charge in [0.15, 0.2) is 5.78 Å². The van der Waals surface area contributed by atoms with E-state index < -0.39 is 5.82 Å². The molecule has 20 heavy (non-hydrogen) atoms. The number of nitrogens with zero attached hydrogens (tertiary/aromatic N) is 1. The molecule has 0 aliphatic heterocycles. The monoisotopic (exact) mass is 357 g/mol. The Balaban J connectivity index is 2.02. The SMILES string of the molecule is CN(CC(=O)c1cc(F)ccc1O)Cc1cc(Br)cs1. The van der Waals surface area contributed by atoms with Crippen molar-refractivity contribution in [3.8, 4) is 5.75 Å². The van der Waals surface area contributed by atoms with Crippen molar-refractivity contribution in [3.63, 3.8) is 0 Å². The lowest BCUT2D eigenvalue weighted by Crippen LogP contribution is -2.25. The Morgan fingerprint density at radius 3 is 2.85 bits per heavy atom. The van der Waals surface area contributed by atoms with Crippen LogP contribution in [0.4, 0.5) is 4.39 Å². The van der Waals surface area contributed by atoms with Gasteiger partial charge in [-0.3, -0.25) is 9.69 Å². The minimum absolute atomic E-state index is 0.0178. The number of aromatic hydroxyl groups is 1. The number of hydrogen-bond acceptors (Lipinski definition) is 4. The van der Waals surface area contributed by atoms with E-state index in [1.165, 1.54) is 6.07 Å². The highest BCUT2D eigenvalue weighted by Crippen LogP contribution is 2.22. The average Bonchev–Trinajstić information content (AvgIpc) is 2.77. The number of phenolic OH excluding ortho intramolecular Hbond substituents is 1. The van der Waals surface area contributed by atoms with E-state index in [0.717, 1.165) is 21.5 Å². The quantitative estimate of drug-likeness (QED) is 0.830. The van der Waals surface area contributed by atoms with Gasteiger partial charge in [0, 0.05) is 21.3 Å². The van der Waals surface area contributed by atoms with Gasteiger partial charge in [-0.25, -0.2) is 4.39 Å². The molecule has 0 saturated carbocycles. The number of rotatable bonds is 5. The van der Waals surface area contributed by atoms with Gasteiger partial charge < -0.3 is 5.11 Å². The number of carbonyl (C=O) groups excluding carboxylic acids is 1. The summed E-state index contributed by atoms with van der Waals surface area (Å²) in [6.07, 6.45) is 0. The summed E-state index contributed by atoms with van der Waals surface area (Å²) >= 11 is 4.97. The molecule has 1 aromatic heterocycles. The lowest BCUT2D eigenvalue weighted by Gasteiger charge is -2.15. The molecule has 0 atom stereocenters. The Labute approximate surface area is 128 Å². The predicted molar refractivity (Wildman–Crippen MR) is 80.7 cm³/mol. The molecule has 1 aromatic carbocycles. The second-order valence-corrected chi connectivity index (χ2v) is 6.40. The van der Waals surface area contributed by atoms with Crippen LogP contribution in [0, 0.1) is 5.82 Å². The molecule has 0 spiro atoms. The van der Waals surface area contributed by atoms with Gasteiger partial charge in [-0.2, -0.15) is 0 Å². The molecule has 2 rings (SSSR count). The third kappa shape index (κ3) is 3.88. The molecule has 0 unspecified atom stereocenters. The minimum Gasteiger partial charge on any atom is -0.507 e. The highest BCUT2D eigenvalue weighted by Gasteiger charge is 2.15. The number of benzene rings is 1. The molecule has 0 aliphatic rings. The Morgan fingerprint density at radius 1 is 1.45 bits per heavy atom. The summed E-state index contributed by atoms with van der Waals surface area (Å²) in [5.74, 6) is -1.03. The van der Waals surface area contributed by atoms with Crippen LogP contribution in [0.5, 0.6) is 5.75 Å². The Kier molecular flexibility index (Phi) is 4.91. The van der Waals surface area contributed by atoms with Gasteiger partial charge in [-0.1, -0.05) is 0 Å². The lowest BCUT2D eigenvalue weighted by atomic mass is 10.1. The summed E-state index contributed by atoms with van der Waals surface area (Å²) in [6.45, 7) is 0.741. The van der Waals surface area contributed by atoms with Crippen molar-refractivity contribution in [1.82, 2.24) is 4.90 Å². The summed E-state index contributed by atoms with van der Waals surface area (Å²) in [7, 11) is 1.81. The molecule has 0 fully saturated rings. The zero-order valence-electron chi connectivity index (χ0n) is 10.8. The third-order valence-corrected chi connectivity index (χ3v) is 4.40. The van der Waals surface area contributed by atoms with Crippen LogP contribution in [0.25, 0.3) is 0 Å². The van der Waals surface area contributed by atoms with E-state index in [1.54, 1.807) is 11.3 Å². The number of carbonyl (C=O) groups is 1. The van der Waals surface area contributed by atoms with Crippen molar-refractivity contribution < 1.29 is 14.3 Å². The van der Waals surface area contributed by atoms with Crippen LogP contribution in [0.15, 0.2) is 34.1 Å². The van der Waals surface area contributed by atoms with Crippen LogP contribution < -0.4 is 0 Å². The first-order chi connectivity index (χ1) is 9.45. The molecule has 6 heteroatoms. The van der Waals surface area contributed by atoms with E-state index in [-0.39, 0.29) is 23.6 Å². The summed E-state index contributed by atoms with van der Waals surface area (Å²) < 4.78 is 14.1. The number of thiophene rings is 1. The smallest absolute Gasteiger partial charge is 0.180 e. The zero-order valence-corrected chi connectivity index (χ0v) is 13.2. The molecule has 1 heterocycles. The van der Waals surface area contributed by atoms with Gasteiger partial charge in [-0.05, 0) is 47.2 Å². The highest BCUT2D eigenvalue weighted by molar-refractivity contribution is 9.10. The number of Topliss-reactive ketones (excluding diaryl/α,β-unsaturated/α-hetero) is 1. The summed E-state index contributed by atoms with van der Waals surface area (Å²) in [5.41, 5.74) is 0.0178. The second kappa shape index (κ2) is 6.47. The van der Waals surface area contributed by atoms with Crippen LogP contribution >= 0.6 is 27.3 Å². The number of phenols is 1. The fourth-order valence-corrected chi connectivity index (χ4v) is 3.35. The van der Waals surface area contributed by atoms with Gasteiger partial charge in [0.25, 0.3) is 0 Å². The standard InChI is InChI=1S/C14H13BrFNO2S/c1-17(6-11-4-9(15)8-20-11)7-14(19)12-5-10(16)2-3-13(12)18/h2-5,8,18H,6-7H2,1H3. The maximum atomic E-state index is 13.1. The normalized spacial score (nSPS) is 11.0. The molecule has 0 amide bonds. The molecule has 0 bridgehead atoms. The molecule has 106 valence electrons. The number of ketones is 1. The lowest BCUT2D eigenvalue weighted by molar-refractivity contribution is 0.0940. The van der Waals surface area contributed by atoms with E-state index in [1.807, 2.05) is 23.4 Å². The van der Waals surface area contributed by atoms with E-state index in [4.69, 9.17) is 0 Å². The highest BCUT2D eigenvalue weighted by atomic mass is 79.9. The van der Waals surface area contributed by atoms with Gasteiger partial charge >= 0.3 is 0 Å². The van der Waals surface area contributed by atoms with Crippen LogP contribution in [0.3, 0.4) is 0 Å². The minimum atomic E-state index is -0.531. The Bertz CT molecular complexity index is 629. The maximum Gasteiger partial charge on any atom is 0.180 e. The largest absolute Gasteiger partial charge is 0.507 e. The third-order valence-electron chi connectivity index (χ3n) is 2.72. The van der Waals surface area contributed by atoms with Crippen molar-refractivity contribution in [1.29, 1.82) is 0 Å². The van der Waals surface area contributed by atoms with E-state index in [0.29, 0.717) is 6.54 Å². The molecule has 0 saturated heterocycles. The fraction of sp³-hybridized carbons (Fsp3) is 0.214. The van der Waals surface area contributed by atoms with Crippen LogP contribution in [0.2, 0.25) is 0 Å². The Morgan fingerprint density at radius 2 is 2.20 bits per heavy atom. The van der Waals surface area contributed by atoms with Crippen LogP contribution in [-0.4, -0.2) is 29.4 Å². The van der Waals surface area contributed by atoms with Crippen molar-refractivity contribution in [2.24, 2.45) is 0 Å². The number of halogens is 2. The van der Waals surface area contributed by atoms with E-state index in [9.17, 15) is 14.3 Å². The predicted octanol–water partition coefficient (Wildman–Crippen LogP) is 3.67. The molecule has 1 N–H and O–H groups in total. The molecule has 3 nitrogen and oxygen atoms in total. The average molecular weight is 358 g/mol. The van der Waals surface area contributed by atoms with Crippen LogP contribution in [-0.2, 0) is 6.54 Å². The topological polar surface area (TPSA) is 40.5 Å². The molecular weight excluding hydrogens is 345 g/mol. The van der Waals surface area contributed by atoms with Crippen molar-refractivity contribution in [2.45, 2.75) is 6.54 Å². The zero-order chi connectivity index (χ0) is 14.7. The molecule has 2 aromatic rings. The van der Waals surface area contributed by atoms with Crippen molar-refractivity contribution in [2.75, 3.05) is 13.6 Å². The number of hydrogen-bond donors (Lipinski definition) is 1. The van der Waals surface area contributed by atoms with Crippen molar-refractivity contribution in [3.05, 3.63) is 50.4 Å². The molecule has 0 radical (unpaired) electrons. The summed E-state index contributed by atoms with van der Waals surface area (Å²) in [4.78, 5) is 15.0. The Hall–Kier alpha value is -1.24. The van der Waals surface area contributed by atoms with Gasteiger partial charge in [0.1, 0.15) is 11.6 Å². The first-order valence-electron chi connectivity index (χ1n) is 5.89. The maximum absolute atomic E-state index is 13.1. The van der Waals surface area contributed by atoms with Crippen molar-refractivity contribution >= 4 is 33.0 Å². The molecular formula is C14H13BrFNO2S. The van der Waals surface area contributed by atoms with E-state index in [2.05, 4.69) is 15.9 Å². The fourth-order valence-electron chi connectivity index (χ4n) is 1.82. The second-order valence-electron chi connectivity index (χ2n) is 4.49. The number of likely N-dealkylation sites (N-methyl/N-ethyl adjacent to an activating group) is 1. The summed E-state index contributed by atoms with van der Waals surface area (Å²) in [5, 5.41) is 11.6. The van der Waals surface area contributed by atoms with E-state index >= 15 is 0 Å². The first-order valence-corrected chi connectivity index (χ1v) is 7.56.